The van der Waals surface area contributed by atoms with Crippen molar-refractivity contribution in [3.8, 4) is 0 Å². The summed E-state index contributed by atoms with van der Waals surface area (Å²) < 4.78 is 10.6. The lowest BCUT2D eigenvalue weighted by atomic mass is 9.91. The number of epoxide rings is 2. The van der Waals surface area contributed by atoms with Crippen LogP contribution >= 0.6 is 0 Å². The average Bonchev–Trinajstić information content (AvgIpc) is 3.24. The monoisotopic (exact) mass is 244 g/mol. The predicted molar refractivity (Wildman–Crippen MR) is 68.4 cm³/mol. The van der Waals surface area contributed by atoms with Crippen LogP contribution < -0.4 is 0 Å². The normalized spacial score (nSPS) is 24.7. The Morgan fingerprint density at radius 1 is 1.28 bits per heavy atom. The number of hydrogen-bond acceptors (Lipinski definition) is 3. The van der Waals surface area contributed by atoms with Gasteiger partial charge in [0, 0.05) is 18.4 Å². The first-order chi connectivity index (χ1) is 8.78. The number of benzene rings is 1. The minimum atomic E-state index is 0.310. The van der Waals surface area contributed by atoms with E-state index in [0.717, 1.165) is 37.9 Å². The van der Waals surface area contributed by atoms with Crippen LogP contribution in [0.2, 0.25) is 0 Å². The zero-order chi connectivity index (χ0) is 12.5. The lowest BCUT2D eigenvalue weighted by molar-refractivity contribution is -0.103. The van der Waals surface area contributed by atoms with Gasteiger partial charge >= 0.3 is 0 Å². The number of carbonyl (C=O) groups excluding carboxylic acids is 1. The zero-order valence-electron chi connectivity index (χ0n) is 10.2. The van der Waals surface area contributed by atoms with E-state index in [4.69, 9.17) is 9.47 Å². The topological polar surface area (TPSA) is 42.1 Å². The summed E-state index contributed by atoms with van der Waals surface area (Å²) in [6.45, 7) is 5.49. The van der Waals surface area contributed by atoms with Crippen molar-refractivity contribution in [1.82, 2.24) is 0 Å². The smallest absolute Gasteiger partial charge is 0.150 e. The molecule has 0 N–H and O–H groups in total. The number of carbonyl (C=O) groups is 1. The predicted octanol–water partition coefficient (Wildman–Crippen LogP) is 1.78. The maximum Gasteiger partial charge on any atom is 0.150 e. The Morgan fingerprint density at radius 3 is 2.56 bits per heavy atom. The van der Waals surface area contributed by atoms with Crippen molar-refractivity contribution in [1.29, 1.82) is 0 Å². The molecule has 0 spiro atoms. The van der Waals surface area contributed by atoms with E-state index in [9.17, 15) is 4.79 Å². The summed E-state index contributed by atoms with van der Waals surface area (Å²) in [5.41, 5.74) is 3.96. The van der Waals surface area contributed by atoms with Gasteiger partial charge < -0.3 is 9.47 Å². The molecule has 1 aromatic carbocycles. The minimum absolute atomic E-state index is 0.310. The molecule has 2 heterocycles. The quantitative estimate of drug-likeness (QED) is 0.435. The summed E-state index contributed by atoms with van der Waals surface area (Å²) in [5.74, 6) is 0. The van der Waals surface area contributed by atoms with Gasteiger partial charge in [-0.2, -0.15) is 0 Å². The maximum absolute atomic E-state index is 10.9. The van der Waals surface area contributed by atoms with Gasteiger partial charge in [-0.1, -0.05) is 24.8 Å². The van der Waals surface area contributed by atoms with Crippen molar-refractivity contribution in [2.75, 3.05) is 13.2 Å². The number of hydrogen-bond donors (Lipinski definition) is 0. The molecule has 0 radical (unpaired) electrons. The van der Waals surface area contributed by atoms with Crippen LogP contribution in [0, 0.1) is 0 Å². The highest BCUT2D eigenvalue weighted by molar-refractivity contribution is 6.06. The summed E-state index contributed by atoms with van der Waals surface area (Å²) >= 11 is 0. The van der Waals surface area contributed by atoms with Crippen molar-refractivity contribution in [3.05, 3.63) is 41.5 Å². The van der Waals surface area contributed by atoms with E-state index in [2.05, 4.69) is 12.6 Å². The van der Waals surface area contributed by atoms with Crippen molar-refractivity contribution in [3.63, 3.8) is 0 Å². The van der Waals surface area contributed by atoms with Gasteiger partial charge in [0.25, 0.3) is 0 Å². The third-order valence-electron chi connectivity index (χ3n) is 3.45. The van der Waals surface area contributed by atoms with Crippen LogP contribution in [-0.2, 0) is 27.1 Å². The molecule has 3 nitrogen and oxygen atoms in total. The highest BCUT2D eigenvalue weighted by Gasteiger charge is 2.28. The lowest BCUT2D eigenvalue weighted by Gasteiger charge is -2.13. The molecule has 0 aliphatic carbocycles. The van der Waals surface area contributed by atoms with Crippen LogP contribution in [-0.4, -0.2) is 31.7 Å². The molecule has 0 saturated carbocycles. The van der Waals surface area contributed by atoms with Gasteiger partial charge in [0.15, 0.2) is 0 Å². The first-order valence-electron chi connectivity index (χ1n) is 6.26. The second-order valence-electron chi connectivity index (χ2n) is 4.91. The first kappa shape index (κ1) is 11.6. The summed E-state index contributed by atoms with van der Waals surface area (Å²) in [4.78, 5) is 10.9. The van der Waals surface area contributed by atoms with Crippen LogP contribution in [0.1, 0.15) is 16.7 Å². The van der Waals surface area contributed by atoms with Crippen molar-refractivity contribution in [2.24, 2.45) is 0 Å². The molecule has 94 valence electrons. The van der Waals surface area contributed by atoms with E-state index in [1.165, 1.54) is 11.1 Å². The number of allylic oxidation sites excluding steroid dienone is 1. The SMILES string of the molecule is C=C(C=O)c1cccc(CC2CO2)c1CC1CO1. The summed E-state index contributed by atoms with van der Waals surface area (Å²) in [7, 11) is 0. The molecular formula is C15H16O3. The highest BCUT2D eigenvalue weighted by atomic mass is 16.6. The fourth-order valence-electron chi connectivity index (χ4n) is 2.28. The number of aldehydes is 1. The molecule has 2 aliphatic rings. The number of ether oxygens (including phenoxy) is 2. The van der Waals surface area contributed by atoms with Crippen molar-refractivity contribution < 1.29 is 14.3 Å². The van der Waals surface area contributed by atoms with Gasteiger partial charge in [0.05, 0.1) is 25.4 Å². The molecule has 0 aromatic heterocycles. The molecule has 2 fully saturated rings. The van der Waals surface area contributed by atoms with E-state index in [0.29, 0.717) is 17.8 Å². The Kier molecular flexibility index (Phi) is 3.02. The lowest BCUT2D eigenvalue weighted by Crippen LogP contribution is -2.06. The third kappa shape index (κ3) is 2.52. The maximum atomic E-state index is 10.9. The van der Waals surface area contributed by atoms with Gasteiger partial charge in [-0.3, -0.25) is 4.79 Å². The van der Waals surface area contributed by atoms with Crippen molar-refractivity contribution in [2.45, 2.75) is 25.0 Å². The van der Waals surface area contributed by atoms with Crippen LogP contribution in [0.3, 0.4) is 0 Å². The number of rotatable bonds is 6. The second-order valence-corrected chi connectivity index (χ2v) is 4.91. The summed E-state index contributed by atoms with van der Waals surface area (Å²) in [6.07, 6.45) is 3.27. The average molecular weight is 244 g/mol. The molecule has 2 aliphatic heterocycles. The fraction of sp³-hybridized carbons (Fsp3) is 0.400. The Labute approximate surface area is 106 Å². The zero-order valence-corrected chi connectivity index (χ0v) is 10.2. The van der Waals surface area contributed by atoms with E-state index >= 15 is 0 Å². The molecule has 18 heavy (non-hydrogen) atoms. The van der Waals surface area contributed by atoms with Crippen LogP contribution in [0.5, 0.6) is 0 Å². The van der Waals surface area contributed by atoms with E-state index in [1.807, 2.05) is 12.1 Å². The van der Waals surface area contributed by atoms with E-state index in [-0.39, 0.29) is 0 Å². The van der Waals surface area contributed by atoms with Gasteiger partial charge in [0.2, 0.25) is 0 Å². The molecule has 0 bridgehead atoms. The molecular weight excluding hydrogens is 228 g/mol. The Hall–Kier alpha value is -1.45. The molecule has 3 rings (SSSR count). The minimum Gasteiger partial charge on any atom is -0.373 e. The van der Waals surface area contributed by atoms with E-state index < -0.39 is 0 Å². The Bertz CT molecular complexity index is 485. The van der Waals surface area contributed by atoms with Crippen LogP contribution in [0.4, 0.5) is 0 Å². The second kappa shape index (κ2) is 4.67. The summed E-state index contributed by atoms with van der Waals surface area (Å²) in [6, 6.07) is 6.06. The molecule has 2 unspecified atom stereocenters. The van der Waals surface area contributed by atoms with Crippen molar-refractivity contribution >= 4 is 11.9 Å². The largest absolute Gasteiger partial charge is 0.373 e. The molecule has 2 atom stereocenters. The van der Waals surface area contributed by atoms with Crippen LogP contribution in [0.15, 0.2) is 24.8 Å². The van der Waals surface area contributed by atoms with Gasteiger partial charge in [-0.25, -0.2) is 0 Å². The van der Waals surface area contributed by atoms with Gasteiger partial charge in [0.1, 0.15) is 6.29 Å². The Morgan fingerprint density at radius 2 is 1.94 bits per heavy atom. The fourth-order valence-corrected chi connectivity index (χ4v) is 2.28. The van der Waals surface area contributed by atoms with Gasteiger partial charge in [-0.05, 0) is 16.7 Å². The molecule has 3 heteroatoms. The standard InChI is InChI=1S/C15H16O3/c1-10(7-16)14-4-2-3-11(5-12-8-17-12)15(14)6-13-9-18-13/h2-4,7,12-13H,1,5-6,8-9H2. The van der Waals surface area contributed by atoms with Crippen LogP contribution in [0.25, 0.3) is 5.57 Å². The molecule has 0 amide bonds. The van der Waals surface area contributed by atoms with E-state index in [1.54, 1.807) is 0 Å². The van der Waals surface area contributed by atoms with Gasteiger partial charge in [-0.15, -0.1) is 0 Å². The third-order valence-corrected chi connectivity index (χ3v) is 3.45. The highest BCUT2D eigenvalue weighted by Crippen LogP contribution is 2.28. The Balaban J connectivity index is 1.94. The summed E-state index contributed by atoms with van der Waals surface area (Å²) in [5, 5.41) is 0. The first-order valence-corrected chi connectivity index (χ1v) is 6.26. The molecule has 1 aromatic rings. The molecule has 2 saturated heterocycles.